The van der Waals surface area contributed by atoms with E-state index in [-0.39, 0.29) is 17.8 Å². The summed E-state index contributed by atoms with van der Waals surface area (Å²) in [4.78, 5) is 21.4. The Labute approximate surface area is 93.2 Å². The van der Waals surface area contributed by atoms with E-state index < -0.39 is 12.0 Å². The molecule has 0 aliphatic carbocycles. The van der Waals surface area contributed by atoms with Crippen LogP contribution in [0.4, 0.5) is 0 Å². The summed E-state index contributed by atoms with van der Waals surface area (Å²) in [5.41, 5.74) is 0. The number of aliphatic carboxylic acids is 1. The molecule has 0 rings (SSSR count). The highest BCUT2D eigenvalue weighted by Crippen LogP contribution is 2.14. The molecule has 0 fully saturated rings. The Hall–Kier alpha value is -0.750. The summed E-state index contributed by atoms with van der Waals surface area (Å²) in [6, 6.07) is -0.853. The number of carbonyl (C=O) groups excluding carboxylic acids is 1. The van der Waals surface area contributed by atoms with Crippen LogP contribution in [0.1, 0.15) is 20.3 Å². The molecular weight excluding hydrogens is 220 g/mol. The second-order valence-corrected chi connectivity index (χ2v) is 4.72. The molecule has 2 unspecified atom stereocenters. The summed E-state index contributed by atoms with van der Waals surface area (Å²) in [7, 11) is 0. The van der Waals surface area contributed by atoms with Gasteiger partial charge in [-0.2, -0.15) is 11.8 Å². The molecule has 5 nitrogen and oxygen atoms in total. The fourth-order valence-electron chi connectivity index (χ4n) is 0.946. The van der Waals surface area contributed by atoms with Gasteiger partial charge >= 0.3 is 5.97 Å². The van der Waals surface area contributed by atoms with E-state index in [1.165, 1.54) is 18.7 Å². The summed E-state index contributed by atoms with van der Waals surface area (Å²) in [6.07, 6.45) is 0.622. The van der Waals surface area contributed by atoms with E-state index in [0.29, 0.717) is 12.2 Å². The van der Waals surface area contributed by atoms with Gasteiger partial charge in [-0.05, 0) is 6.42 Å². The minimum absolute atomic E-state index is 0.0893. The van der Waals surface area contributed by atoms with Crippen molar-refractivity contribution in [2.45, 2.75) is 31.6 Å². The van der Waals surface area contributed by atoms with Crippen LogP contribution in [-0.2, 0) is 9.59 Å². The van der Waals surface area contributed by atoms with Crippen molar-refractivity contribution in [3.05, 3.63) is 0 Å². The van der Waals surface area contributed by atoms with Crippen LogP contribution in [-0.4, -0.2) is 45.7 Å². The lowest BCUT2D eigenvalue weighted by atomic mass is 10.3. The lowest BCUT2D eigenvalue weighted by molar-refractivity contribution is -0.140. The van der Waals surface area contributed by atoms with Crippen molar-refractivity contribution in [2.75, 3.05) is 12.4 Å². The van der Waals surface area contributed by atoms with Crippen LogP contribution < -0.4 is 5.32 Å². The highest BCUT2D eigenvalue weighted by atomic mass is 32.2. The van der Waals surface area contributed by atoms with Crippen molar-refractivity contribution in [1.29, 1.82) is 0 Å². The van der Waals surface area contributed by atoms with Crippen molar-refractivity contribution >= 4 is 23.6 Å². The average Bonchev–Trinajstić information content (AvgIpc) is 2.11. The second kappa shape index (κ2) is 7.53. The van der Waals surface area contributed by atoms with Gasteiger partial charge in [-0.25, -0.2) is 4.79 Å². The molecule has 0 radical (unpaired) electrons. The van der Waals surface area contributed by atoms with Crippen LogP contribution in [0.2, 0.25) is 0 Å². The molecule has 6 heteroatoms. The van der Waals surface area contributed by atoms with Crippen LogP contribution in [0.5, 0.6) is 0 Å². The Kier molecular flexibility index (Phi) is 7.15. The number of thioether (sulfide) groups is 1. The molecule has 2 atom stereocenters. The highest BCUT2D eigenvalue weighted by molar-refractivity contribution is 7.99. The number of aliphatic hydroxyl groups is 1. The molecule has 0 aliphatic heterocycles. The van der Waals surface area contributed by atoms with Gasteiger partial charge in [-0.1, -0.05) is 6.92 Å². The number of amides is 1. The third-order valence-corrected chi connectivity index (χ3v) is 3.09. The molecule has 3 N–H and O–H groups in total. The maximum Gasteiger partial charge on any atom is 0.327 e. The van der Waals surface area contributed by atoms with Crippen LogP contribution >= 0.6 is 11.8 Å². The monoisotopic (exact) mass is 237 g/mol. The summed E-state index contributed by atoms with van der Waals surface area (Å²) >= 11 is 1.42. The minimum atomic E-state index is -1.03. The van der Waals surface area contributed by atoms with Crippen molar-refractivity contribution in [1.82, 2.24) is 5.32 Å². The van der Waals surface area contributed by atoms with Gasteiger partial charge in [-0.15, -0.1) is 0 Å². The standard InChI is InChI=1S/C9H17NO4S/c1-6(3-4-11)15-5-8(9(13)14)10-7(2)12/h6,8,11H,3-5H2,1-2H3,(H,10,12)(H,13,14)/i2+1,7+1. The van der Waals surface area contributed by atoms with Crippen LogP contribution in [0.25, 0.3) is 0 Å². The number of rotatable bonds is 7. The molecule has 88 valence electrons. The quantitative estimate of drug-likeness (QED) is 0.546. The van der Waals surface area contributed by atoms with E-state index in [4.69, 9.17) is 10.2 Å². The van der Waals surface area contributed by atoms with E-state index in [1.807, 2.05) is 6.92 Å². The zero-order valence-electron chi connectivity index (χ0n) is 8.90. The smallest absolute Gasteiger partial charge is 0.327 e. The molecule has 0 saturated heterocycles. The molecule has 0 aliphatic rings. The highest BCUT2D eigenvalue weighted by Gasteiger charge is 2.19. The maximum absolute atomic E-state index is 10.7. The first-order valence-corrected chi connectivity index (χ1v) is 5.74. The molecule has 15 heavy (non-hydrogen) atoms. The van der Waals surface area contributed by atoms with E-state index in [1.54, 1.807) is 0 Å². The Morgan fingerprint density at radius 2 is 2.07 bits per heavy atom. The second-order valence-electron chi connectivity index (χ2n) is 3.25. The minimum Gasteiger partial charge on any atom is -0.480 e. The van der Waals surface area contributed by atoms with Crippen LogP contribution in [0.15, 0.2) is 0 Å². The van der Waals surface area contributed by atoms with Gasteiger partial charge in [-0.3, -0.25) is 4.79 Å². The number of carboxylic acid groups (broad SMARTS) is 1. The first kappa shape index (κ1) is 14.2. The van der Waals surface area contributed by atoms with E-state index >= 15 is 0 Å². The molecule has 0 saturated carbocycles. The predicted octanol–water partition coefficient (Wildman–Crippen LogP) is 0.0798. The van der Waals surface area contributed by atoms with Crippen molar-refractivity contribution in [2.24, 2.45) is 0 Å². The van der Waals surface area contributed by atoms with Gasteiger partial charge in [0.2, 0.25) is 5.91 Å². The largest absolute Gasteiger partial charge is 0.480 e. The maximum atomic E-state index is 10.7. The van der Waals surface area contributed by atoms with Crippen LogP contribution in [0, 0.1) is 0 Å². The van der Waals surface area contributed by atoms with E-state index in [2.05, 4.69) is 5.32 Å². The fourth-order valence-corrected chi connectivity index (χ4v) is 1.96. The van der Waals surface area contributed by atoms with Gasteiger partial charge < -0.3 is 15.5 Å². The first-order valence-electron chi connectivity index (χ1n) is 4.69. The van der Waals surface area contributed by atoms with Crippen molar-refractivity contribution in [3.63, 3.8) is 0 Å². The summed E-state index contributed by atoms with van der Waals surface area (Å²) in [6.45, 7) is 3.29. The van der Waals surface area contributed by atoms with Crippen molar-refractivity contribution in [3.8, 4) is 0 Å². The number of hydrogen-bond acceptors (Lipinski definition) is 4. The molecule has 1 amide bonds. The van der Waals surface area contributed by atoms with Gasteiger partial charge in [0.1, 0.15) is 6.04 Å². The molecule has 0 heterocycles. The molecule has 0 aromatic heterocycles. The Morgan fingerprint density at radius 3 is 2.47 bits per heavy atom. The molecule has 0 spiro atoms. The summed E-state index contributed by atoms with van der Waals surface area (Å²) < 4.78 is 0. The molecule has 0 bridgehead atoms. The molecular formula is C9H17NO4S. The number of hydrogen-bond donors (Lipinski definition) is 3. The SMILES string of the molecule is CC(CCO)SCC(N[13C]([13CH3])=O)C(=O)O. The third kappa shape index (κ3) is 7.21. The van der Waals surface area contributed by atoms with E-state index in [0.717, 1.165) is 0 Å². The number of carboxylic acids is 1. The van der Waals surface area contributed by atoms with Gasteiger partial charge in [0.25, 0.3) is 0 Å². The number of nitrogens with one attached hydrogen (secondary N) is 1. The normalized spacial score (nSPS) is 14.3. The number of aliphatic hydroxyl groups excluding tert-OH is 1. The molecule has 0 aromatic rings. The Balaban J connectivity index is 3.96. The zero-order chi connectivity index (χ0) is 11.8. The summed E-state index contributed by atoms with van der Waals surface area (Å²) in [5, 5.41) is 20.0. The Morgan fingerprint density at radius 1 is 1.47 bits per heavy atom. The van der Waals surface area contributed by atoms with E-state index in [9.17, 15) is 9.59 Å². The lowest BCUT2D eigenvalue weighted by Crippen LogP contribution is -2.41. The topological polar surface area (TPSA) is 86.6 Å². The van der Waals surface area contributed by atoms with Gasteiger partial charge in [0.05, 0.1) is 0 Å². The van der Waals surface area contributed by atoms with Crippen molar-refractivity contribution < 1.29 is 19.8 Å². The summed E-state index contributed by atoms with van der Waals surface area (Å²) in [5.74, 6) is -1.07. The fraction of sp³-hybridized carbons (Fsp3) is 0.778. The molecule has 0 aromatic carbocycles. The zero-order valence-corrected chi connectivity index (χ0v) is 9.71. The third-order valence-electron chi connectivity index (χ3n) is 1.76. The lowest BCUT2D eigenvalue weighted by Gasteiger charge is -2.15. The average molecular weight is 237 g/mol. The van der Waals surface area contributed by atoms with Gasteiger partial charge in [0.15, 0.2) is 0 Å². The Bertz CT molecular complexity index is 222. The first-order chi connectivity index (χ1) is 6.97. The van der Waals surface area contributed by atoms with Crippen LogP contribution in [0.3, 0.4) is 0 Å². The predicted molar refractivity (Wildman–Crippen MR) is 58.9 cm³/mol. The number of carbonyl (C=O) groups is 2. The van der Waals surface area contributed by atoms with Gasteiger partial charge in [0, 0.05) is 24.5 Å².